The third kappa shape index (κ3) is 3.75. The van der Waals surface area contributed by atoms with Crippen molar-refractivity contribution in [3.05, 3.63) is 66.2 Å². The van der Waals surface area contributed by atoms with E-state index in [2.05, 4.69) is 20.6 Å². The Kier molecular flexibility index (Phi) is 4.68. The predicted molar refractivity (Wildman–Crippen MR) is 88.5 cm³/mol. The molecule has 0 atom stereocenters. The van der Waals surface area contributed by atoms with Crippen molar-refractivity contribution in [1.82, 2.24) is 25.3 Å². The molecular weight excluding hydrogens is 310 g/mol. The number of nitrogens with one attached hydrogen (secondary N) is 1. The van der Waals surface area contributed by atoms with Crippen LogP contribution in [0.3, 0.4) is 0 Å². The zero-order chi connectivity index (χ0) is 16.1. The highest BCUT2D eigenvalue weighted by molar-refractivity contribution is 7.98. The number of pyridine rings is 1. The van der Waals surface area contributed by atoms with Crippen molar-refractivity contribution in [2.45, 2.75) is 11.4 Å². The van der Waals surface area contributed by atoms with Crippen LogP contribution in [0.15, 0.2) is 59.9 Å². The summed E-state index contributed by atoms with van der Waals surface area (Å²) in [7, 11) is 0. The van der Waals surface area contributed by atoms with Crippen LogP contribution < -0.4 is 5.32 Å². The standard InChI is InChI=1S/C16H15N5OS/c1-23-15-4-2-3-12(9-15)16(22)18-10-13-11-21(20-19-13)14-5-7-17-8-6-14/h2-9,11H,10H2,1H3,(H,18,22). The van der Waals surface area contributed by atoms with Crippen molar-refractivity contribution >= 4 is 17.7 Å². The molecule has 0 saturated heterocycles. The normalized spacial score (nSPS) is 10.5. The molecule has 0 saturated carbocycles. The fourth-order valence-corrected chi connectivity index (χ4v) is 2.50. The van der Waals surface area contributed by atoms with Gasteiger partial charge in [-0.15, -0.1) is 16.9 Å². The lowest BCUT2D eigenvalue weighted by Crippen LogP contribution is -2.22. The summed E-state index contributed by atoms with van der Waals surface area (Å²) < 4.78 is 1.65. The summed E-state index contributed by atoms with van der Waals surface area (Å²) in [5, 5.41) is 11.0. The van der Waals surface area contributed by atoms with Crippen LogP contribution in [-0.2, 0) is 6.54 Å². The summed E-state index contributed by atoms with van der Waals surface area (Å²) in [6.45, 7) is 0.327. The van der Waals surface area contributed by atoms with Crippen LogP contribution in [0.1, 0.15) is 16.1 Å². The summed E-state index contributed by atoms with van der Waals surface area (Å²) >= 11 is 1.61. The van der Waals surface area contributed by atoms with Gasteiger partial charge < -0.3 is 5.32 Å². The summed E-state index contributed by atoms with van der Waals surface area (Å²) in [6.07, 6.45) is 7.15. The first kappa shape index (κ1) is 15.2. The molecule has 1 N–H and O–H groups in total. The quantitative estimate of drug-likeness (QED) is 0.729. The van der Waals surface area contributed by atoms with Crippen molar-refractivity contribution < 1.29 is 4.79 Å². The van der Waals surface area contributed by atoms with Gasteiger partial charge in [-0.2, -0.15) is 0 Å². The zero-order valence-electron chi connectivity index (χ0n) is 12.5. The Hall–Kier alpha value is -2.67. The summed E-state index contributed by atoms with van der Waals surface area (Å²) in [4.78, 5) is 17.2. The smallest absolute Gasteiger partial charge is 0.251 e. The number of benzene rings is 1. The van der Waals surface area contributed by atoms with E-state index in [1.54, 1.807) is 41.1 Å². The average molecular weight is 325 g/mol. The van der Waals surface area contributed by atoms with Gasteiger partial charge in [0.15, 0.2) is 0 Å². The Morgan fingerprint density at radius 2 is 2.09 bits per heavy atom. The summed E-state index contributed by atoms with van der Waals surface area (Å²) in [6, 6.07) is 11.2. The molecule has 6 nitrogen and oxygen atoms in total. The average Bonchev–Trinajstić information content (AvgIpc) is 3.09. The first-order chi connectivity index (χ1) is 11.3. The second-order valence-electron chi connectivity index (χ2n) is 4.77. The molecule has 1 aromatic carbocycles. The molecule has 23 heavy (non-hydrogen) atoms. The van der Waals surface area contributed by atoms with Crippen LogP contribution in [0.4, 0.5) is 0 Å². The number of nitrogens with zero attached hydrogens (tertiary/aromatic N) is 4. The van der Waals surface area contributed by atoms with Crippen LogP contribution in [0.5, 0.6) is 0 Å². The van der Waals surface area contributed by atoms with E-state index in [9.17, 15) is 4.79 Å². The largest absolute Gasteiger partial charge is 0.346 e. The summed E-state index contributed by atoms with van der Waals surface area (Å²) in [5.41, 5.74) is 2.20. The van der Waals surface area contributed by atoms with Crippen molar-refractivity contribution in [3.8, 4) is 5.69 Å². The van der Waals surface area contributed by atoms with E-state index >= 15 is 0 Å². The van der Waals surface area contributed by atoms with E-state index in [-0.39, 0.29) is 5.91 Å². The fourth-order valence-electron chi connectivity index (χ4n) is 2.04. The molecule has 0 bridgehead atoms. The van der Waals surface area contributed by atoms with Gasteiger partial charge in [0.1, 0.15) is 5.69 Å². The highest BCUT2D eigenvalue weighted by Gasteiger charge is 2.08. The number of hydrogen-bond acceptors (Lipinski definition) is 5. The van der Waals surface area contributed by atoms with E-state index < -0.39 is 0 Å². The molecule has 0 fully saturated rings. The molecule has 0 aliphatic rings. The van der Waals surface area contributed by atoms with E-state index in [0.29, 0.717) is 17.8 Å². The van der Waals surface area contributed by atoms with Gasteiger partial charge in [0.25, 0.3) is 5.91 Å². The van der Waals surface area contributed by atoms with E-state index in [0.717, 1.165) is 10.6 Å². The number of carbonyl (C=O) groups excluding carboxylic acids is 1. The number of rotatable bonds is 5. The second-order valence-corrected chi connectivity index (χ2v) is 5.65. The molecule has 0 aliphatic carbocycles. The van der Waals surface area contributed by atoms with Crippen LogP contribution in [-0.4, -0.2) is 32.1 Å². The van der Waals surface area contributed by atoms with Crippen LogP contribution in [0.2, 0.25) is 0 Å². The number of carbonyl (C=O) groups is 1. The molecule has 3 rings (SSSR count). The third-order valence-electron chi connectivity index (χ3n) is 3.23. The zero-order valence-corrected chi connectivity index (χ0v) is 13.3. The SMILES string of the molecule is CSc1cccc(C(=O)NCc2cn(-c3ccncc3)nn2)c1. The van der Waals surface area contributed by atoms with Gasteiger partial charge in [0.2, 0.25) is 0 Å². The highest BCUT2D eigenvalue weighted by Crippen LogP contribution is 2.15. The minimum Gasteiger partial charge on any atom is -0.346 e. The van der Waals surface area contributed by atoms with Gasteiger partial charge in [0, 0.05) is 22.9 Å². The molecule has 7 heteroatoms. The number of hydrogen-bond donors (Lipinski definition) is 1. The number of thioether (sulfide) groups is 1. The maximum absolute atomic E-state index is 12.2. The first-order valence-corrected chi connectivity index (χ1v) is 8.22. The minimum atomic E-state index is -0.126. The minimum absolute atomic E-state index is 0.126. The Morgan fingerprint density at radius 1 is 1.26 bits per heavy atom. The second kappa shape index (κ2) is 7.06. The third-order valence-corrected chi connectivity index (χ3v) is 3.96. The molecular formula is C16H15N5OS. The van der Waals surface area contributed by atoms with E-state index in [4.69, 9.17) is 0 Å². The van der Waals surface area contributed by atoms with Crippen molar-refractivity contribution in [2.24, 2.45) is 0 Å². The molecule has 0 unspecified atom stereocenters. The van der Waals surface area contributed by atoms with Gasteiger partial charge in [-0.3, -0.25) is 9.78 Å². The fraction of sp³-hybridized carbons (Fsp3) is 0.125. The molecule has 1 amide bonds. The first-order valence-electron chi connectivity index (χ1n) is 7.00. The van der Waals surface area contributed by atoms with Gasteiger partial charge in [-0.05, 0) is 36.6 Å². The van der Waals surface area contributed by atoms with Crippen LogP contribution in [0, 0.1) is 0 Å². The van der Waals surface area contributed by atoms with E-state index in [1.165, 1.54) is 0 Å². The molecule has 3 aromatic rings. The molecule has 2 heterocycles. The Morgan fingerprint density at radius 3 is 2.87 bits per heavy atom. The lowest BCUT2D eigenvalue weighted by Gasteiger charge is -2.04. The van der Waals surface area contributed by atoms with Crippen molar-refractivity contribution in [3.63, 3.8) is 0 Å². The molecule has 0 radical (unpaired) electrons. The van der Waals surface area contributed by atoms with Gasteiger partial charge in [0.05, 0.1) is 18.4 Å². The number of aromatic nitrogens is 4. The summed E-state index contributed by atoms with van der Waals surface area (Å²) in [5.74, 6) is -0.126. The van der Waals surface area contributed by atoms with Crippen molar-refractivity contribution in [2.75, 3.05) is 6.26 Å². The highest BCUT2D eigenvalue weighted by atomic mass is 32.2. The molecule has 0 aliphatic heterocycles. The predicted octanol–water partition coefficient (Wildman–Crippen LogP) is 2.31. The van der Waals surface area contributed by atoms with Crippen LogP contribution in [0.25, 0.3) is 5.69 Å². The molecule has 0 spiro atoms. The van der Waals surface area contributed by atoms with Crippen molar-refractivity contribution in [1.29, 1.82) is 0 Å². The maximum Gasteiger partial charge on any atom is 0.251 e. The topological polar surface area (TPSA) is 72.7 Å². The number of amides is 1. The lowest BCUT2D eigenvalue weighted by molar-refractivity contribution is 0.0950. The van der Waals surface area contributed by atoms with Gasteiger partial charge in [-0.25, -0.2) is 4.68 Å². The van der Waals surface area contributed by atoms with E-state index in [1.807, 2.05) is 36.6 Å². The Labute approximate surface area is 137 Å². The van der Waals surface area contributed by atoms with Gasteiger partial charge >= 0.3 is 0 Å². The Bertz CT molecular complexity index is 803. The lowest BCUT2D eigenvalue weighted by atomic mass is 10.2. The Balaban J connectivity index is 1.64. The van der Waals surface area contributed by atoms with Crippen LogP contribution >= 0.6 is 11.8 Å². The van der Waals surface area contributed by atoms with Gasteiger partial charge in [-0.1, -0.05) is 11.3 Å². The monoisotopic (exact) mass is 325 g/mol. The maximum atomic E-state index is 12.2. The molecule has 2 aromatic heterocycles. The molecule has 116 valence electrons.